The van der Waals surface area contributed by atoms with Crippen molar-refractivity contribution in [1.29, 1.82) is 0 Å². The summed E-state index contributed by atoms with van der Waals surface area (Å²) in [6.07, 6.45) is -1.72. The molecule has 2 aliphatic heterocycles. The van der Waals surface area contributed by atoms with Gasteiger partial charge in [0.1, 0.15) is 11.4 Å². The van der Waals surface area contributed by atoms with Crippen LogP contribution in [-0.2, 0) is 11.6 Å². The van der Waals surface area contributed by atoms with Gasteiger partial charge in [-0.1, -0.05) is 50.3 Å². The first-order valence-electron chi connectivity index (χ1n) is 14.0. The first kappa shape index (κ1) is 28.4. The van der Waals surface area contributed by atoms with E-state index in [1.165, 1.54) is 17.4 Å². The van der Waals surface area contributed by atoms with Gasteiger partial charge >= 0.3 is 6.18 Å². The van der Waals surface area contributed by atoms with Crippen molar-refractivity contribution in [3.8, 4) is 16.5 Å². The lowest BCUT2D eigenvalue weighted by Crippen LogP contribution is -2.47. The third kappa shape index (κ3) is 5.43. The molecule has 1 fully saturated rings. The summed E-state index contributed by atoms with van der Waals surface area (Å²) in [4.78, 5) is 8.53. The molecule has 2 aromatic carbocycles. The Bertz CT molecular complexity index is 1580. The Morgan fingerprint density at radius 1 is 0.976 bits per heavy atom. The molecule has 220 valence electrons. The van der Waals surface area contributed by atoms with E-state index in [0.29, 0.717) is 59.7 Å². The molecule has 4 heterocycles. The number of aromatic hydroxyl groups is 1. The number of hydrogen-bond donors (Lipinski definition) is 2. The summed E-state index contributed by atoms with van der Waals surface area (Å²) in [6, 6.07) is 15.2. The number of aromatic nitrogens is 3. The molecule has 2 aliphatic rings. The molecule has 0 amide bonds. The maximum Gasteiger partial charge on any atom is 0.416 e. The van der Waals surface area contributed by atoms with Crippen molar-refractivity contribution in [3.63, 3.8) is 0 Å². The molecular weight excluding hydrogens is 561 g/mol. The molecule has 42 heavy (non-hydrogen) atoms. The number of rotatable bonds is 5. The number of pyridine rings is 1. The summed E-state index contributed by atoms with van der Waals surface area (Å²) in [7, 11) is 0. The SMILES string of the molecule is CC(C)(C)CN1CCC2(CC1)CN(c1ccccc1Nc1nnc(-c3ccccn3)s1)c1c(O)ccc(C(F)(F)F)c12. The van der Waals surface area contributed by atoms with Crippen molar-refractivity contribution in [1.82, 2.24) is 20.1 Å². The molecule has 0 saturated carbocycles. The summed E-state index contributed by atoms with van der Waals surface area (Å²) >= 11 is 1.33. The van der Waals surface area contributed by atoms with Gasteiger partial charge in [-0.2, -0.15) is 13.2 Å². The van der Waals surface area contributed by atoms with Gasteiger partial charge in [-0.25, -0.2) is 0 Å². The Morgan fingerprint density at radius 3 is 2.40 bits per heavy atom. The number of halogens is 3. The summed E-state index contributed by atoms with van der Waals surface area (Å²) in [6.45, 7) is 9.11. The molecular formula is C31H33F3N6OS. The van der Waals surface area contributed by atoms with Crippen LogP contribution in [0.2, 0.25) is 0 Å². The zero-order valence-corrected chi connectivity index (χ0v) is 24.6. The number of fused-ring (bicyclic) bond motifs is 2. The van der Waals surface area contributed by atoms with Crippen LogP contribution in [-0.4, -0.2) is 51.4 Å². The molecule has 1 saturated heterocycles. The zero-order chi connectivity index (χ0) is 29.7. The molecule has 0 atom stereocenters. The van der Waals surface area contributed by atoms with Gasteiger partial charge in [-0.05, 0) is 73.3 Å². The third-order valence-corrected chi connectivity index (χ3v) is 8.84. The van der Waals surface area contributed by atoms with E-state index in [1.54, 1.807) is 6.20 Å². The van der Waals surface area contributed by atoms with Gasteiger partial charge < -0.3 is 20.2 Å². The van der Waals surface area contributed by atoms with E-state index in [9.17, 15) is 18.3 Å². The first-order chi connectivity index (χ1) is 19.9. The van der Waals surface area contributed by atoms with E-state index >= 15 is 0 Å². The second-order valence-corrected chi connectivity index (χ2v) is 13.3. The average Bonchev–Trinajstić information content (AvgIpc) is 3.54. The average molecular weight is 595 g/mol. The molecule has 1 spiro atoms. The van der Waals surface area contributed by atoms with Crippen LogP contribution < -0.4 is 10.2 Å². The third-order valence-electron chi connectivity index (χ3n) is 7.98. The number of nitrogens with zero attached hydrogens (tertiary/aromatic N) is 5. The minimum absolute atomic E-state index is 0.0885. The highest BCUT2D eigenvalue weighted by atomic mass is 32.1. The molecule has 2 N–H and O–H groups in total. The Hall–Kier alpha value is -3.70. The lowest BCUT2D eigenvalue weighted by atomic mass is 9.72. The Balaban J connectivity index is 1.38. The summed E-state index contributed by atoms with van der Waals surface area (Å²) in [5.41, 5.74) is 1.12. The van der Waals surface area contributed by atoms with Gasteiger partial charge in [0, 0.05) is 24.7 Å². The molecule has 4 aromatic rings. The molecule has 0 unspecified atom stereocenters. The number of nitrogens with one attached hydrogen (secondary N) is 1. The van der Waals surface area contributed by atoms with Crippen molar-refractivity contribution < 1.29 is 18.3 Å². The van der Waals surface area contributed by atoms with Crippen LogP contribution >= 0.6 is 11.3 Å². The highest BCUT2D eigenvalue weighted by Gasteiger charge is 2.52. The number of likely N-dealkylation sites (tertiary alicyclic amines) is 1. The predicted octanol–water partition coefficient (Wildman–Crippen LogP) is 7.60. The number of anilines is 4. The van der Waals surface area contributed by atoms with E-state index in [0.717, 1.165) is 12.6 Å². The Morgan fingerprint density at radius 2 is 1.71 bits per heavy atom. The summed E-state index contributed by atoms with van der Waals surface area (Å²) < 4.78 is 43.5. The van der Waals surface area contributed by atoms with Crippen molar-refractivity contribution in [2.45, 2.75) is 45.2 Å². The fraction of sp³-hybridized carbons (Fsp3) is 0.387. The van der Waals surface area contributed by atoms with Crippen LogP contribution in [0.1, 0.15) is 44.7 Å². The second-order valence-electron chi connectivity index (χ2n) is 12.3. The van der Waals surface area contributed by atoms with Gasteiger partial charge in [-0.15, -0.1) is 10.2 Å². The molecule has 6 rings (SSSR count). The molecule has 0 aliphatic carbocycles. The normalized spacial score (nSPS) is 17.0. The minimum Gasteiger partial charge on any atom is -0.506 e. The Labute approximate surface area is 247 Å². The fourth-order valence-electron chi connectivity index (χ4n) is 6.31. The molecule has 0 bridgehead atoms. The first-order valence-corrected chi connectivity index (χ1v) is 14.8. The van der Waals surface area contributed by atoms with Gasteiger partial charge in [0.05, 0.1) is 22.6 Å². The lowest BCUT2D eigenvalue weighted by molar-refractivity contribution is -0.138. The highest BCUT2D eigenvalue weighted by Crippen LogP contribution is 2.57. The number of phenols is 1. The standard InChI is InChI=1S/C31H33F3N6OS/c1-29(2,3)18-39-16-13-30(14-17-39)19-40(26-24(41)12-11-20(25(26)30)31(32,33)34)23-10-5-4-8-21(23)36-28-38-37-27(42-28)22-9-6-7-15-35-22/h4-12,15,41H,13-14,16-19H2,1-3H3,(H,36,38). The second kappa shape index (κ2) is 10.5. The number of alkyl halides is 3. The van der Waals surface area contributed by atoms with E-state index in [1.807, 2.05) is 47.4 Å². The number of benzene rings is 2. The zero-order valence-electron chi connectivity index (χ0n) is 23.7. The quantitative estimate of drug-likeness (QED) is 0.246. The van der Waals surface area contributed by atoms with Crippen molar-refractivity contribution in [3.05, 3.63) is 71.9 Å². The molecule has 0 radical (unpaired) electrons. The molecule has 2 aromatic heterocycles. The summed E-state index contributed by atoms with van der Waals surface area (Å²) in [5.74, 6) is -0.157. The summed E-state index contributed by atoms with van der Waals surface area (Å²) in [5, 5.41) is 24.2. The van der Waals surface area contributed by atoms with Gasteiger partial charge in [0.15, 0.2) is 5.01 Å². The van der Waals surface area contributed by atoms with Crippen molar-refractivity contribution in [2.75, 3.05) is 36.4 Å². The number of hydrogen-bond acceptors (Lipinski definition) is 8. The van der Waals surface area contributed by atoms with E-state index in [-0.39, 0.29) is 22.4 Å². The predicted molar refractivity (Wildman–Crippen MR) is 160 cm³/mol. The Kier molecular flexibility index (Phi) is 7.13. The lowest BCUT2D eigenvalue weighted by Gasteiger charge is -2.42. The van der Waals surface area contributed by atoms with Crippen molar-refractivity contribution >= 4 is 33.5 Å². The van der Waals surface area contributed by atoms with Crippen LogP contribution in [0.5, 0.6) is 5.75 Å². The van der Waals surface area contributed by atoms with Gasteiger partial charge in [0.25, 0.3) is 0 Å². The maximum absolute atomic E-state index is 14.5. The molecule has 11 heteroatoms. The minimum atomic E-state index is -4.55. The maximum atomic E-state index is 14.5. The largest absolute Gasteiger partial charge is 0.506 e. The van der Waals surface area contributed by atoms with E-state index < -0.39 is 17.2 Å². The number of para-hydroxylation sites is 2. The monoisotopic (exact) mass is 594 g/mol. The van der Waals surface area contributed by atoms with Crippen molar-refractivity contribution in [2.24, 2.45) is 5.41 Å². The van der Waals surface area contributed by atoms with Crippen LogP contribution in [0, 0.1) is 5.41 Å². The van der Waals surface area contributed by atoms with E-state index in [4.69, 9.17) is 0 Å². The van der Waals surface area contributed by atoms with Crippen LogP contribution in [0.4, 0.5) is 35.4 Å². The van der Waals surface area contributed by atoms with Crippen LogP contribution in [0.3, 0.4) is 0 Å². The highest BCUT2D eigenvalue weighted by molar-refractivity contribution is 7.18. The smallest absolute Gasteiger partial charge is 0.416 e. The van der Waals surface area contributed by atoms with Gasteiger partial charge in [0.2, 0.25) is 5.13 Å². The fourth-order valence-corrected chi connectivity index (χ4v) is 7.04. The number of phenolic OH excluding ortho intramolecular Hbond substituents is 1. The van der Waals surface area contributed by atoms with Crippen LogP contribution in [0.25, 0.3) is 10.7 Å². The van der Waals surface area contributed by atoms with Crippen LogP contribution in [0.15, 0.2) is 60.8 Å². The number of piperidine rings is 1. The molecule has 7 nitrogen and oxygen atoms in total. The van der Waals surface area contributed by atoms with Gasteiger partial charge in [-0.3, -0.25) is 4.98 Å². The topological polar surface area (TPSA) is 77.4 Å². The van der Waals surface area contributed by atoms with E-state index in [2.05, 4.69) is 46.2 Å².